The molecule has 0 spiro atoms. The van der Waals surface area contributed by atoms with E-state index in [1.807, 2.05) is 12.5 Å². The fourth-order valence-electron chi connectivity index (χ4n) is 2.39. The molecule has 0 saturated carbocycles. The molecule has 2 aromatic rings. The standard InChI is InChI=1S/C16H23N3/c1-5-14-8-6-7-13(4)16(14)18-10-15-9-17-11-19(15)12(2)3/h6-9,11-12,18H,5,10H2,1-4H3. The first-order valence-corrected chi connectivity index (χ1v) is 6.96. The second kappa shape index (κ2) is 5.91. The first-order chi connectivity index (χ1) is 9.13. The van der Waals surface area contributed by atoms with Gasteiger partial charge >= 0.3 is 0 Å². The topological polar surface area (TPSA) is 29.9 Å². The van der Waals surface area contributed by atoms with Gasteiger partial charge in [-0.1, -0.05) is 25.1 Å². The average molecular weight is 257 g/mol. The fourth-order valence-corrected chi connectivity index (χ4v) is 2.39. The summed E-state index contributed by atoms with van der Waals surface area (Å²) in [6, 6.07) is 6.91. The van der Waals surface area contributed by atoms with Crippen molar-refractivity contribution in [1.82, 2.24) is 9.55 Å². The second-order valence-electron chi connectivity index (χ2n) is 5.20. The first-order valence-electron chi connectivity index (χ1n) is 6.96. The van der Waals surface area contributed by atoms with E-state index in [0.717, 1.165) is 13.0 Å². The smallest absolute Gasteiger partial charge is 0.0951 e. The maximum Gasteiger partial charge on any atom is 0.0951 e. The van der Waals surface area contributed by atoms with Crippen molar-refractivity contribution < 1.29 is 0 Å². The molecule has 0 saturated heterocycles. The lowest BCUT2D eigenvalue weighted by Gasteiger charge is -2.16. The highest BCUT2D eigenvalue weighted by molar-refractivity contribution is 5.57. The number of hydrogen-bond donors (Lipinski definition) is 1. The van der Waals surface area contributed by atoms with E-state index in [1.54, 1.807) is 0 Å². The predicted molar refractivity (Wildman–Crippen MR) is 80.5 cm³/mol. The van der Waals surface area contributed by atoms with Gasteiger partial charge < -0.3 is 9.88 Å². The van der Waals surface area contributed by atoms with Crippen LogP contribution in [0.25, 0.3) is 0 Å². The molecule has 0 fully saturated rings. The summed E-state index contributed by atoms with van der Waals surface area (Å²) in [6.07, 6.45) is 4.89. The number of nitrogens with zero attached hydrogens (tertiary/aromatic N) is 2. The Labute approximate surface area is 115 Å². The summed E-state index contributed by atoms with van der Waals surface area (Å²) in [5.74, 6) is 0. The molecule has 0 aliphatic heterocycles. The Balaban J connectivity index is 2.17. The van der Waals surface area contributed by atoms with Crippen LogP contribution in [0.15, 0.2) is 30.7 Å². The first kappa shape index (κ1) is 13.7. The summed E-state index contributed by atoms with van der Waals surface area (Å²) in [4.78, 5) is 4.24. The average Bonchev–Trinajstić information content (AvgIpc) is 2.85. The molecule has 1 N–H and O–H groups in total. The molecule has 0 amide bonds. The normalized spacial score (nSPS) is 11.0. The van der Waals surface area contributed by atoms with Gasteiger partial charge in [-0.2, -0.15) is 0 Å². The van der Waals surface area contributed by atoms with Crippen molar-refractivity contribution in [3.63, 3.8) is 0 Å². The number of aromatic nitrogens is 2. The van der Waals surface area contributed by atoms with Crippen LogP contribution >= 0.6 is 0 Å². The number of imidazole rings is 1. The van der Waals surface area contributed by atoms with Crippen molar-refractivity contribution in [3.05, 3.63) is 47.5 Å². The molecular formula is C16H23N3. The van der Waals surface area contributed by atoms with Gasteiger partial charge in [-0.25, -0.2) is 4.98 Å². The fraction of sp³-hybridized carbons (Fsp3) is 0.438. The quantitative estimate of drug-likeness (QED) is 0.879. The van der Waals surface area contributed by atoms with Gasteiger partial charge in [0.05, 0.1) is 18.6 Å². The molecule has 0 bridgehead atoms. The zero-order valence-electron chi connectivity index (χ0n) is 12.3. The Bertz CT molecular complexity index is 541. The SMILES string of the molecule is CCc1cccc(C)c1NCc1cncn1C(C)C. The van der Waals surface area contributed by atoms with Crippen LogP contribution in [0.2, 0.25) is 0 Å². The molecule has 0 radical (unpaired) electrons. The van der Waals surface area contributed by atoms with Crippen LogP contribution in [0, 0.1) is 6.92 Å². The van der Waals surface area contributed by atoms with Crippen LogP contribution in [0.5, 0.6) is 0 Å². The van der Waals surface area contributed by atoms with E-state index in [4.69, 9.17) is 0 Å². The number of hydrogen-bond acceptors (Lipinski definition) is 2. The molecule has 2 rings (SSSR count). The van der Waals surface area contributed by atoms with Gasteiger partial charge in [0.25, 0.3) is 0 Å². The van der Waals surface area contributed by atoms with E-state index >= 15 is 0 Å². The van der Waals surface area contributed by atoms with Gasteiger partial charge in [0.2, 0.25) is 0 Å². The maximum atomic E-state index is 4.24. The van der Waals surface area contributed by atoms with Crippen LogP contribution in [0.1, 0.15) is 43.6 Å². The Kier molecular flexibility index (Phi) is 4.25. The van der Waals surface area contributed by atoms with Gasteiger partial charge in [0.15, 0.2) is 0 Å². The van der Waals surface area contributed by atoms with Crippen molar-refractivity contribution in [2.45, 2.75) is 46.7 Å². The van der Waals surface area contributed by atoms with Gasteiger partial charge in [-0.15, -0.1) is 0 Å². The molecule has 1 aromatic heterocycles. The van der Waals surface area contributed by atoms with E-state index in [0.29, 0.717) is 6.04 Å². The van der Waals surface area contributed by atoms with Gasteiger partial charge in [0, 0.05) is 17.9 Å². The third-order valence-corrected chi connectivity index (χ3v) is 3.49. The number of aryl methyl sites for hydroxylation is 2. The second-order valence-corrected chi connectivity index (χ2v) is 5.20. The number of nitrogens with one attached hydrogen (secondary N) is 1. The number of para-hydroxylation sites is 1. The van der Waals surface area contributed by atoms with E-state index in [9.17, 15) is 0 Å². The van der Waals surface area contributed by atoms with E-state index in [-0.39, 0.29) is 0 Å². The number of rotatable bonds is 5. The molecule has 3 nitrogen and oxygen atoms in total. The Morgan fingerprint density at radius 3 is 2.79 bits per heavy atom. The minimum atomic E-state index is 0.446. The maximum absolute atomic E-state index is 4.24. The van der Waals surface area contributed by atoms with Crippen LogP contribution in [-0.2, 0) is 13.0 Å². The minimum absolute atomic E-state index is 0.446. The molecular weight excluding hydrogens is 234 g/mol. The molecule has 0 unspecified atom stereocenters. The van der Waals surface area contributed by atoms with Gasteiger partial charge in [0.1, 0.15) is 0 Å². The van der Waals surface area contributed by atoms with Crippen molar-refractivity contribution in [3.8, 4) is 0 Å². The lowest BCUT2D eigenvalue weighted by atomic mass is 10.1. The Hall–Kier alpha value is -1.77. The third kappa shape index (κ3) is 2.98. The van der Waals surface area contributed by atoms with Crippen molar-refractivity contribution >= 4 is 5.69 Å². The highest BCUT2D eigenvalue weighted by Gasteiger charge is 2.07. The predicted octanol–water partition coefficient (Wildman–Crippen LogP) is 3.95. The Morgan fingerprint density at radius 1 is 1.32 bits per heavy atom. The third-order valence-electron chi connectivity index (χ3n) is 3.49. The lowest BCUT2D eigenvalue weighted by Crippen LogP contribution is -2.10. The molecule has 1 aromatic carbocycles. The zero-order valence-corrected chi connectivity index (χ0v) is 12.3. The highest BCUT2D eigenvalue weighted by Crippen LogP contribution is 2.22. The van der Waals surface area contributed by atoms with Gasteiger partial charge in [-0.05, 0) is 38.3 Å². The van der Waals surface area contributed by atoms with Crippen molar-refractivity contribution in [1.29, 1.82) is 0 Å². The zero-order chi connectivity index (χ0) is 13.8. The van der Waals surface area contributed by atoms with Gasteiger partial charge in [-0.3, -0.25) is 0 Å². The van der Waals surface area contributed by atoms with Crippen LogP contribution < -0.4 is 5.32 Å². The van der Waals surface area contributed by atoms with Crippen LogP contribution in [0.3, 0.4) is 0 Å². The van der Waals surface area contributed by atoms with Crippen LogP contribution in [0.4, 0.5) is 5.69 Å². The summed E-state index contributed by atoms with van der Waals surface area (Å²) >= 11 is 0. The van der Waals surface area contributed by atoms with Crippen LogP contribution in [-0.4, -0.2) is 9.55 Å². The minimum Gasteiger partial charge on any atom is -0.379 e. The van der Waals surface area contributed by atoms with E-state index < -0.39 is 0 Å². The molecule has 0 atom stereocenters. The lowest BCUT2D eigenvalue weighted by molar-refractivity contribution is 0.577. The molecule has 1 heterocycles. The summed E-state index contributed by atoms with van der Waals surface area (Å²) in [7, 11) is 0. The Morgan fingerprint density at radius 2 is 2.11 bits per heavy atom. The molecule has 0 aliphatic carbocycles. The summed E-state index contributed by atoms with van der Waals surface area (Å²) in [5.41, 5.74) is 5.16. The number of anilines is 1. The summed E-state index contributed by atoms with van der Waals surface area (Å²) in [5, 5.41) is 3.57. The molecule has 102 valence electrons. The summed E-state index contributed by atoms with van der Waals surface area (Å²) in [6.45, 7) is 9.52. The molecule has 19 heavy (non-hydrogen) atoms. The largest absolute Gasteiger partial charge is 0.379 e. The molecule has 3 heteroatoms. The number of benzene rings is 1. The molecule has 0 aliphatic rings. The summed E-state index contributed by atoms with van der Waals surface area (Å²) < 4.78 is 2.21. The highest BCUT2D eigenvalue weighted by atomic mass is 15.1. The van der Waals surface area contributed by atoms with E-state index in [2.05, 4.69) is 60.8 Å². The van der Waals surface area contributed by atoms with E-state index in [1.165, 1.54) is 22.5 Å². The van der Waals surface area contributed by atoms with Crippen molar-refractivity contribution in [2.24, 2.45) is 0 Å². The monoisotopic (exact) mass is 257 g/mol. The van der Waals surface area contributed by atoms with Crippen molar-refractivity contribution in [2.75, 3.05) is 5.32 Å².